The lowest BCUT2D eigenvalue weighted by molar-refractivity contribution is -0.645. The number of nitrogens with zero attached hydrogens (tertiary/aromatic N) is 4. The summed E-state index contributed by atoms with van der Waals surface area (Å²) in [5, 5.41) is 12.5. The molecule has 0 bridgehead atoms. The SMILES string of the molecule is CCn1c(CSc2cccc[n+]2[O-])nc2cc(S(=O)(=O)N3CCCCC3)ccc21. The van der Waals surface area contributed by atoms with Crippen LogP contribution in [0, 0.1) is 5.21 Å². The third-order valence-electron chi connectivity index (χ3n) is 5.21. The number of aryl methyl sites for hydroxylation is 1. The van der Waals surface area contributed by atoms with Crippen molar-refractivity contribution < 1.29 is 13.1 Å². The summed E-state index contributed by atoms with van der Waals surface area (Å²) in [6, 6.07) is 10.5. The van der Waals surface area contributed by atoms with Crippen LogP contribution >= 0.6 is 11.8 Å². The van der Waals surface area contributed by atoms with Crippen LogP contribution in [0.15, 0.2) is 52.5 Å². The number of pyridine rings is 1. The van der Waals surface area contributed by atoms with E-state index < -0.39 is 10.0 Å². The zero-order chi connectivity index (χ0) is 20.4. The average Bonchev–Trinajstić information content (AvgIpc) is 3.10. The van der Waals surface area contributed by atoms with E-state index in [2.05, 4.69) is 4.57 Å². The summed E-state index contributed by atoms with van der Waals surface area (Å²) in [7, 11) is -3.49. The number of hydrogen-bond acceptors (Lipinski definition) is 5. The number of aromatic nitrogens is 3. The molecule has 29 heavy (non-hydrogen) atoms. The highest BCUT2D eigenvalue weighted by Crippen LogP contribution is 2.27. The first-order chi connectivity index (χ1) is 14.0. The highest BCUT2D eigenvalue weighted by Gasteiger charge is 2.26. The van der Waals surface area contributed by atoms with Crippen LogP contribution in [0.2, 0.25) is 0 Å². The van der Waals surface area contributed by atoms with E-state index in [0.29, 0.717) is 34.3 Å². The van der Waals surface area contributed by atoms with E-state index in [4.69, 9.17) is 4.98 Å². The molecule has 1 saturated heterocycles. The zero-order valence-corrected chi connectivity index (χ0v) is 18.0. The number of piperidine rings is 1. The minimum absolute atomic E-state index is 0.298. The van der Waals surface area contributed by atoms with Crippen LogP contribution in [0.1, 0.15) is 32.0 Å². The number of imidazole rings is 1. The summed E-state index contributed by atoms with van der Waals surface area (Å²) in [6.07, 6.45) is 4.37. The Bertz CT molecular complexity index is 1120. The number of rotatable bonds is 6. The first-order valence-electron chi connectivity index (χ1n) is 9.81. The lowest BCUT2D eigenvalue weighted by Gasteiger charge is -2.25. The quantitative estimate of drug-likeness (QED) is 0.339. The molecule has 4 rings (SSSR count). The van der Waals surface area contributed by atoms with Crippen LogP contribution < -0.4 is 4.73 Å². The molecule has 0 aliphatic carbocycles. The van der Waals surface area contributed by atoms with E-state index in [-0.39, 0.29) is 0 Å². The third kappa shape index (κ3) is 3.99. The fourth-order valence-corrected chi connectivity index (χ4v) is 6.10. The van der Waals surface area contributed by atoms with Crippen LogP contribution in [-0.2, 0) is 22.3 Å². The summed E-state index contributed by atoms with van der Waals surface area (Å²) in [4.78, 5) is 4.99. The molecule has 1 fully saturated rings. The van der Waals surface area contributed by atoms with Gasteiger partial charge < -0.3 is 9.77 Å². The van der Waals surface area contributed by atoms with Gasteiger partial charge >= 0.3 is 0 Å². The van der Waals surface area contributed by atoms with Gasteiger partial charge in [0.1, 0.15) is 5.82 Å². The van der Waals surface area contributed by atoms with Crippen molar-refractivity contribution in [3.05, 3.63) is 53.6 Å². The molecule has 0 atom stereocenters. The van der Waals surface area contributed by atoms with Gasteiger partial charge in [-0.1, -0.05) is 6.42 Å². The van der Waals surface area contributed by atoms with Gasteiger partial charge in [-0.05, 0) is 55.8 Å². The predicted molar refractivity (Wildman–Crippen MR) is 113 cm³/mol. The van der Waals surface area contributed by atoms with Crippen molar-refractivity contribution in [1.29, 1.82) is 0 Å². The van der Waals surface area contributed by atoms with Crippen LogP contribution in [0.25, 0.3) is 11.0 Å². The van der Waals surface area contributed by atoms with Crippen molar-refractivity contribution in [1.82, 2.24) is 13.9 Å². The molecule has 2 aromatic heterocycles. The third-order valence-corrected chi connectivity index (χ3v) is 8.11. The molecule has 7 nitrogen and oxygen atoms in total. The summed E-state index contributed by atoms with van der Waals surface area (Å²) in [5.74, 6) is 1.35. The number of hydrogen-bond donors (Lipinski definition) is 0. The van der Waals surface area contributed by atoms with Crippen LogP contribution in [0.5, 0.6) is 0 Å². The van der Waals surface area contributed by atoms with E-state index in [9.17, 15) is 13.6 Å². The van der Waals surface area contributed by atoms with Gasteiger partial charge in [-0.3, -0.25) is 0 Å². The Labute approximate surface area is 175 Å². The molecule has 154 valence electrons. The molecule has 1 aliphatic heterocycles. The van der Waals surface area contributed by atoms with Crippen molar-refractivity contribution in [3.63, 3.8) is 0 Å². The van der Waals surface area contributed by atoms with Crippen molar-refractivity contribution in [2.75, 3.05) is 13.1 Å². The lowest BCUT2D eigenvalue weighted by Crippen LogP contribution is -2.35. The van der Waals surface area contributed by atoms with Crippen LogP contribution in [0.3, 0.4) is 0 Å². The average molecular weight is 433 g/mol. The molecule has 0 saturated carbocycles. The van der Waals surface area contributed by atoms with Gasteiger partial charge in [0.2, 0.25) is 10.0 Å². The Balaban J connectivity index is 1.64. The summed E-state index contributed by atoms with van der Waals surface area (Å²) in [5.41, 5.74) is 1.58. The van der Waals surface area contributed by atoms with Gasteiger partial charge in [-0.2, -0.15) is 9.04 Å². The van der Waals surface area contributed by atoms with Crippen molar-refractivity contribution in [2.24, 2.45) is 0 Å². The second-order valence-electron chi connectivity index (χ2n) is 7.04. The maximum Gasteiger partial charge on any atom is 0.251 e. The summed E-state index contributed by atoms with van der Waals surface area (Å²) >= 11 is 1.42. The molecular weight excluding hydrogens is 408 g/mol. The molecule has 9 heteroatoms. The lowest BCUT2D eigenvalue weighted by atomic mass is 10.2. The topological polar surface area (TPSA) is 82.1 Å². The second-order valence-corrected chi connectivity index (χ2v) is 9.97. The Morgan fingerprint density at radius 3 is 2.69 bits per heavy atom. The van der Waals surface area contributed by atoms with Crippen LogP contribution in [0.4, 0.5) is 0 Å². The van der Waals surface area contributed by atoms with Gasteiger partial charge in [0.15, 0.2) is 6.20 Å². The first-order valence-corrected chi connectivity index (χ1v) is 12.2. The normalized spacial score (nSPS) is 15.8. The Kier molecular flexibility index (Phi) is 5.80. The van der Waals surface area contributed by atoms with Crippen molar-refractivity contribution >= 4 is 32.8 Å². The van der Waals surface area contributed by atoms with Gasteiger partial charge in [0.25, 0.3) is 5.03 Å². The van der Waals surface area contributed by atoms with Gasteiger partial charge in [-0.25, -0.2) is 13.4 Å². The van der Waals surface area contributed by atoms with Gasteiger partial charge in [0.05, 0.1) is 21.7 Å². The predicted octanol–water partition coefficient (Wildman–Crippen LogP) is 3.16. The molecule has 1 aromatic carbocycles. The Hall–Kier alpha value is -2.10. The van der Waals surface area contributed by atoms with Crippen molar-refractivity contribution in [3.8, 4) is 0 Å². The van der Waals surface area contributed by atoms with Crippen LogP contribution in [-0.4, -0.2) is 35.4 Å². The number of thioether (sulfide) groups is 1. The van der Waals surface area contributed by atoms with E-state index in [1.165, 1.54) is 18.0 Å². The number of sulfonamides is 1. The summed E-state index contributed by atoms with van der Waals surface area (Å²) in [6.45, 7) is 3.91. The largest absolute Gasteiger partial charge is 0.618 e. The molecule has 0 radical (unpaired) electrons. The fraction of sp³-hybridized carbons (Fsp3) is 0.400. The minimum atomic E-state index is -3.49. The molecule has 0 spiro atoms. The van der Waals surface area contributed by atoms with E-state index in [1.54, 1.807) is 28.6 Å². The zero-order valence-electron chi connectivity index (χ0n) is 16.3. The molecule has 0 unspecified atom stereocenters. The van der Waals surface area contributed by atoms with Gasteiger partial charge in [-0.15, -0.1) is 0 Å². The fourth-order valence-electron chi connectivity index (χ4n) is 3.70. The second kappa shape index (κ2) is 8.33. The standard InChI is InChI=1S/C20H24N4O3S2/c1-2-23-18-10-9-16(29(26,27)22-11-5-3-6-12-22)14-17(18)21-19(23)15-28-20-8-4-7-13-24(20)25/h4,7-10,13-14H,2-3,5-6,11-12,15H2,1H3. The number of benzene rings is 1. The molecule has 1 aliphatic rings. The molecular formula is C20H24N4O3S2. The molecule has 0 N–H and O–H groups in total. The first kappa shape index (κ1) is 20.2. The Morgan fingerprint density at radius 1 is 1.17 bits per heavy atom. The van der Waals surface area contributed by atoms with Crippen molar-refractivity contribution in [2.45, 2.75) is 48.4 Å². The monoisotopic (exact) mass is 432 g/mol. The summed E-state index contributed by atoms with van der Waals surface area (Å²) < 4.78 is 30.5. The molecule has 3 aromatic rings. The Morgan fingerprint density at radius 2 is 1.97 bits per heavy atom. The highest BCUT2D eigenvalue weighted by atomic mass is 32.2. The molecule has 0 amide bonds. The molecule has 3 heterocycles. The van der Waals surface area contributed by atoms with E-state index >= 15 is 0 Å². The van der Waals surface area contributed by atoms with E-state index in [1.807, 2.05) is 19.1 Å². The van der Waals surface area contributed by atoms with E-state index in [0.717, 1.165) is 41.9 Å². The maximum atomic E-state index is 13.0. The smallest absolute Gasteiger partial charge is 0.251 e. The van der Waals surface area contributed by atoms with Gasteiger partial charge in [0, 0.05) is 31.8 Å². The highest BCUT2D eigenvalue weighted by molar-refractivity contribution is 7.98. The minimum Gasteiger partial charge on any atom is -0.618 e. The maximum absolute atomic E-state index is 13.0. The number of fused-ring (bicyclic) bond motifs is 1.